The van der Waals surface area contributed by atoms with Gasteiger partial charge >= 0.3 is 0 Å². The molecule has 0 aliphatic carbocycles. The van der Waals surface area contributed by atoms with E-state index < -0.39 is 0 Å². The van der Waals surface area contributed by atoms with E-state index in [0.717, 1.165) is 0 Å². The van der Waals surface area contributed by atoms with E-state index in [1.807, 2.05) is 0 Å². The molecule has 5 nitrogen and oxygen atoms in total. The van der Waals surface area contributed by atoms with E-state index in [1.165, 1.54) is 0 Å². The van der Waals surface area contributed by atoms with Crippen LogP contribution < -0.4 is 10.6 Å². The van der Waals surface area contributed by atoms with Crippen LogP contribution in [0.25, 0.3) is 11.0 Å². The highest BCUT2D eigenvalue weighted by Crippen LogP contribution is 2.10. The SMILES string of the molecule is Nc1ccc2c(c1)no[n+]2[O-]. The van der Waals surface area contributed by atoms with Gasteiger partial charge in [0.05, 0.1) is 0 Å². The molecular formula is C6H5N3O2. The molecule has 2 N–H and O–H groups in total. The van der Waals surface area contributed by atoms with Gasteiger partial charge in [0.25, 0.3) is 5.52 Å². The number of nitrogens with two attached hydrogens (primary N) is 1. The van der Waals surface area contributed by atoms with Gasteiger partial charge in [0.1, 0.15) is 0 Å². The molecule has 0 fully saturated rings. The summed E-state index contributed by atoms with van der Waals surface area (Å²) in [5, 5.41) is 14.2. The Morgan fingerprint density at radius 1 is 1.55 bits per heavy atom. The smallest absolute Gasteiger partial charge is 0.250 e. The number of fused-ring (bicyclic) bond motifs is 1. The van der Waals surface area contributed by atoms with Gasteiger partial charge in [-0.3, -0.25) is 4.63 Å². The largest absolute Gasteiger partial charge is 0.399 e. The first-order valence-electron chi connectivity index (χ1n) is 3.02. The zero-order valence-corrected chi connectivity index (χ0v) is 5.52. The summed E-state index contributed by atoms with van der Waals surface area (Å²) in [5.74, 6) is 0. The number of nitrogen functional groups attached to an aromatic ring is 1. The van der Waals surface area contributed by atoms with Crippen molar-refractivity contribution in [3.05, 3.63) is 23.4 Å². The molecule has 2 aromatic rings. The molecule has 0 unspecified atom stereocenters. The fourth-order valence-corrected chi connectivity index (χ4v) is 0.893. The Labute approximate surface area is 61.5 Å². The van der Waals surface area contributed by atoms with Crippen LogP contribution in [0.3, 0.4) is 0 Å². The molecule has 0 saturated carbocycles. The Morgan fingerprint density at radius 2 is 2.36 bits per heavy atom. The first-order valence-corrected chi connectivity index (χ1v) is 3.02. The zero-order chi connectivity index (χ0) is 7.84. The summed E-state index contributed by atoms with van der Waals surface area (Å²) >= 11 is 0. The molecule has 1 aromatic heterocycles. The van der Waals surface area contributed by atoms with Gasteiger partial charge in [-0.25, -0.2) is 0 Å². The monoisotopic (exact) mass is 151 g/mol. The minimum Gasteiger partial charge on any atom is -0.399 e. The fraction of sp³-hybridized carbons (Fsp3) is 0. The van der Waals surface area contributed by atoms with E-state index in [4.69, 9.17) is 5.73 Å². The van der Waals surface area contributed by atoms with Crippen LogP contribution in [0.5, 0.6) is 0 Å². The Balaban J connectivity index is 2.86. The van der Waals surface area contributed by atoms with Gasteiger partial charge in [-0.2, -0.15) is 0 Å². The minimum atomic E-state index is 0.342. The molecule has 1 aromatic carbocycles. The highest BCUT2D eigenvalue weighted by atomic mass is 16.8. The molecule has 0 aliphatic heterocycles. The van der Waals surface area contributed by atoms with Crippen molar-refractivity contribution < 1.29 is 9.53 Å². The van der Waals surface area contributed by atoms with Crippen LogP contribution in [-0.2, 0) is 0 Å². The number of benzene rings is 1. The fourth-order valence-electron chi connectivity index (χ4n) is 0.893. The summed E-state index contributed by atoms with van der Waals surface area (Å²) in [5.41, 5.74) is 6.86. The Morgan fingerprint density at radius 3 is 3.18 bits per heavy atom. The summed E-state index contributed by atoms with van der Waals surface area (Å²) in [6.45, 7) is 0. The minimum absolute atomic E-state index is 0.342. The summed E-state index contributed by atoms with van der Waals surface area (Å²) in [7, 11) is 0. The third-order valence-electron chi connectivity index (χ3n) is 1.41. The summed E-state index contributed by atoms with van der Waals surface area (Å²) in [6.07, 6.45) is 0. The van der Waals surface area contributed by atoms with Crippen molar-refractivity contribution in [3.8, 4) is 0 Å². The van der Waals surface area contributed by atoms with Crippen LogP contribution in [-0.4, -0.2) is 5.16 Å². The molecule has 2 rings (SSSR count). The van der Waals surface area contributed by atoms with Gasteiger partial charge in [-0.15, -0.1) is 0 Å². The Kier molecular flexibility index (Phi) is 1.00. The lowest BCUT2D eigenvalue weighted by Gasteiger charge is -1.87. The topological polar surface area (TPSA) is 79.0 Å². The van der Waals surface area contributed by atoms with Crippen molar-refractivity contribution in [1.29, 1.82) is 0 Å². The molecule has 11 heavy (non-hydrogen) atoms. The number of hydrogen-bond acceptors (Lipinski definition) is 4. The van der Waals surface area contributed by atoms with Gasteiger partial charge in [0.15, 0.2) is 0 Å². The molecule has 0 amide bonds. The zero-order valence-electron chi connectivity index (χ0n) is 5.52. The molecule has 56 valence electrons. The van der Waals surface area contributed by atoms with E-state index >= 15 is 0 Å². The van der Waals surface area contributed by atoms with Crippen LogP contribution in [0.15, 0.2) is 22.8 Å². The van der Waals surface area contributed by atoms with Gasteiger partial charge in [0, 0.05) is 16.9 Å². The average molecular weight is 151 g/mol. The number of hydrogen-bond donors (Lipinski definition) is 1. The van der Waals surface area contributed by atoms with Gasteiger partial charge in [0.2, 0.25) is 5.52 Å². The van der Waals surface area contributed by atoms with E-state index in [0.29, 0.717) is 21.6 Å². The maximum Gasteiger partial charge on any atom is 0.250 e. The highest BCUT2D eigenvalue weighted by molar-refractivity contribution is 5.74. The Bertz CT molecular complexity index is 396. The predicted molar refractivity (Wildman–Crippen MR) is 37.4 cm³/mol. The molecule has 0 saturated heterocycles. The van der Waals surface area contributed by atoms with Crippen molar-refractivity contribution in [2.24, 2.45) is 0 Å². The molecule has 0 bridgehead atoms. The first-order chi connectivity index (χ1) is 5.27. The average Bonchev–Trinajstić information content (AvgIpc) is 2.32. The van der Waals surface area contributed by atoms with Gasteiger partial charge in [-0.1, -0.05) is 0 Å². The van der Waals surface area contributed by atoms with E-state index in [9.17, 15) is 5.21 Å². The van der Waals surface area contributed by atoms with Gasteiger partial charge < -0.3 is 10.9 Å². The number of aromatic nitrogens is 2. The first kappa shape index (κ1) is 5.96. The maximum atomic E-state index is 10.7. The van der Waals surface area contributed by atoms with Crippen LogP contribution in [0.4, 0.5) is 5.69 Å². The molecule has 0 spiro atoms. The van der Waals surface area contributed by atoms with Crippen LogP contribution in [0.2, 0.25) is 0 Å². The maximum absolute atomic E-state index is 10.7. The van der Waals surface area contributed by atoms with Crippen molar-refractivity contribution in [3.63, 3.8) is 0 Å². The van der Waals surface area contributed by atoms with E-state index in [1.54, 1.807) is 18.2 Å². The molecule has 1 heterocycles. The summed E-state index contributed by atoms with van der Waals surface area (Å²) < 4.78 is 4.33. The number of anilines is 1. The quantitative estimate of drug-likeness (QED) is 0.426. The molecule has 5 heteroatoms. The number of nitrogens with zero attached hydrogens (tertiary/aromatic N) is 2. The summed E-state index contributed by atoms with van der Waals surface area (Å²) in [6, 6.07) is 4.76. The van der Waals surface area contributed by atoms with Crippen molar-refractivity contribution in [2.45, 2.75) is 0 Å². The lowest BCUT2D eigenvalue weighted by molar-refractivity contribution is -0.782. The molecule has 0 atom stereocenters. The lowest BCUT2D eigenvalue weighted by atomic mass is 10.3. The summed E-state index contributed by atoms with van der Waals surface area (Å²) in [4.78, 5) is 0.342. The third kappa shape index (κ3) is 0.778. The van der Waals surface area contributed by atoms with Crippen molar-refractivity contribution in [2.75, 3.05) is 5.73 Å². The second-order valence-corrected chi connectivity index (χ2v) is 2.18. The molecule has 0 radical (unpaired) electrons. The van der Waals surface area contributed by atoms with E-state index in [2.05, 4.69) is 9.79 Å². The second-order valence-electron chi connectivity index (χ2n) is 2.18. The second kappa shape index (κ2) is 1.85. The third-order valence-corrected chi connectivity index (χ3v) is 1.41. The standard InChI is InChI=1S/C6H5N3O2/c7-4-1-2-6-5(3-4)8-11-9(6)10/h1-3H,7H2. The lowest BCUT2D eigenvalue weighted by Crippen LogP contribution is -2.22. The van der Waals surface area contributed by atoms with Crippen molar-refractivity contribution >= 4 is 16.7 Å². The molecular weight excluding hydrogens is 146 g/mol. The van der Waals surface area contributed by atoms with Crippen molar-refractivity contribution in [1.82, 2.24) is 5.16 Å². The number of rotatable bonds is 0. The molecule has 0 aliphatic rings. The Hall–Kier alpha value is -1.78. The highest BCUT2D eigenvalue weighted by Gasteiger charge is 2.07. The van der Waals surface area contributed by atoms with Crippen LogP contribution >= 0.6 is 0 Å². The van der Waals surface area contributed by atoms with Crippen LogP contribution in [0, 0.1) is 5.21 Å². The van der Waals surface area contributed by atoms with Crippen LogP contribution in [0.1, 0.15) is 0 Å². The normalized spacial score (nSPS) is 10.5. The van der Waals surface area contributed by atoms with Gasteiger partial charge in [-0.05, 0) is 17.0 Å². The van der Waals surface area contributed by atoms with E-state index in [-0.39, 0.29) is 0 Å². The predicted octanol–water partition coefficient (Wildman–Crippen LogP) is 0.0434.